The Bertz CT molecular complexity index is 1130. The molecule has 0 bridgehead atoms. The molecule has 1 amide bonds. The molecule has 2 heterocycles. The van der Waals surface area contributed by atoms with E-state index in [1.165, 1.54) is 6.92 Å². The summed E-state index contributed by atoms with van der Waals surface area (Å²) in [4.78, 5) is 15.9. The molecule has 0 aliphatic rings. The van der Waals surface area contributed by atoms with Crippen LogP contribution in [0.25, 0.3) is 16.8 Å². The highest BCUT2D eigenvalue weighted by Crippen LogP contribution is 2.28. The number of pyridine rings is 1. The number of nitrogens with two attached hydrogens (primary N) is 1. The summed E-state index contributed by atoms with van der Waals surface area (Å²) in [6, 6.07) is 18.9. The zero-order valence-electron chi connectivity index (χ0n) is 14.7. The SMILES string of the molecule is CC(=O)Nc1ccccc1-c1ccc2nc(Nc3ccccc3N)nn2c1. The van der Waals surface area contributed by atoms with Crippen molar-refractivity contribution in [2.75, 3.05) is 16.4 Å². The maximum Gasteiger partial charge on any atom is 0.247 e. The third-order valence-electron chi connectivity index (χ3n) is 4.09. The van der Waals surface area contributed by atoms with E-state index in [2.05, 4.69) is 20.7 Å². The second kappa shape index (κ2) is 6.80. The first-order chi connectivity index (χ1) is 13.1. The van der Waals surface area contributed by atoms with E-state index in [0.29, 0.717) is 17.3 Å². The molecule has 4 N–H and O–H groups in total. The van der Waals surface area contributed by atoms with Crippen molar-refractivity contribution in [1.29, 1.82) is 0 Å². The molecule has 134 valence electrons. The van der Waals surface area contributed by atoms with Crippen molar-refractivity contribution in [3.05, 3.63) is 66.9 Å². The summed E-state index contributed by atoms with van der Waals surface area (Å²) in [7, 11) is 0. The van der Waals surface area contributed by atoms with Gasteiger partial charge in [0.25, 0.3) is 0 Å². The minimum atomic E-state index is -0.115. The number of carbonyl (C=O) groups excluding carboxylic acids is 1. The lowest BCUT2D eigenvalue weighted by molar-refractivity contribution is -0.114. The predicted molar refractivity (Wildman–Crippen MR) is 107 cm³/mol. The van der Waals surface area contributed by atoms with Gasteiger partial charge in [-0.3, -0.25) is 4.79 Å². The first kappa shape index (κ1) is 16.6. The molecule has 2 aromatic carbocycles. The van der Waals surface area contributed by atoms with Crippen LogP contribution in [-0.4, -0.2) is 20.5 Å². The van der Waals surface area contributed by atoms with Crippen molar-refractivity contribution < 1.29 is 4.79 Å². The molecule has 27 heavy (non-hydrogen) atoms. The van der Waals surface area contributed by atoms with Crippen LogP contribution >= 0.6 is 0 Å². The largest absolute Gasteiger partial charge is 0.397 e. The third-order valence-corrected chi connectivity index (χ3v) is 4.09. The monoisotopic (exact) mass is 358 g/mol. The van der Waals surface area contributed by atoms with Crippen LogP contribution in [-0.2, 0) is 4.79 Å². The first-order valence-corrected chi connectivity index (χ1v) is 8.45. The van der Waals surface area contributed by atoms with Gasteiger partial charge in [-0.1, -0.05) is 30.3 Å². The van der Waals surface area contributed by atoms with Gasteiger partial charge in [-0.2, -0.15) is 4.98 Å². The van der Waals surface area contributed by atoms with E-state index in [1.807, 2.05) is 66.9 Å². The quantitative estimate of drug-likeness (QED) is 0.484. The van der Waals surface area contributed by atoms with Gasteiger partial charge in [0.1, 0.15) is 0 Å². The number of carbonyl (C=O) groups is 1. The van der Waals surface area contributed by atoms with Crippen molar-refractivity contribution in [3.8, 4) is 11.1 Å². The van der Waals surface area contributed by atoms with Crippen LogP contribution < -0.4 is 16.4 Å². The van der Waals surface area contributed by atoms with Crippen LogP contribution in [0.3, 0.4) is 0 Å². The number of nitrogens with one attached hydrogen (secondary N) is 2. The molecule has 0 unspecified atom stereocenters. The molecule has 0 fully saturated rings. The smallest absolute Gasteiger partial charge is 0.247 e. The Labute approximate surface area is 155 Å². The summed E-state index contributed by atoms with van der Waals surface area (Å²) in [5.74, 6) is 0.344. The zero-order chi connectivity index (χ0) is 18.8. The van der Waals surface area contributed by atoms with E-state index >= 15 is 0 Å². The molecule has 0 spiro atoms. The number of anilines is 4. The number of nitrogens with zero attached hydrogens (tertiary/aromatic N) is 3. The maximum atomic E-state index is 11.5. The summed E-state index contributed by atoms with van der Waals surface area (Å²) in [6.45, 7) is 1.49. The van der Waals surface area contributed by atoms with Gasteiger partial charge in [0, 0.05) is 29.9 Å². The van der Waals surface area contributed by atoms with Crippen LogP contribution in [0.5, 0.6) is 0 Å². The Kier molecular flexibility index (Phi) is 4.18. The second-order valence-corrected chi connectivity index (χ2v) is 6.09. The van der Waals surface area contributed by atoms with E-state index in [-0.39, 0.29) is 5.91 Å². The number of aromatic nitrogens is 3. The zero-order valence-corrected chi connectivity index (χ0v) is 14.7. The fourth-order valence-corrected chi connectivity index (χ4v) is 2.86. The second-order valence-electron chi connectivity index (χ2n) is 6.09. The van der Waals surface area contributed by atoms with E-state index in [0.717, 1.165) is 22.5 Å². The Morgan fingerprint density at radius 1 is 1.00 bits per heavy atom. The number of hydrogen-bond donors (Lipinski definition) is 3. The Balaban J connectivity index is 1.70. The summed E-state index contributed by atoms with van der Waals surface area (Å²) < 4.78 is 1.70. The lowest BCUT2D eigenvalue weighted by atomic mass is 10.1. The Hall–Kier alpha value is -3.87. The third kappa shape index (κ3) is 3.43. The molecule has 0 radical (unpaired) electrons. The summed E-state index contributed by atoms with van der Waals surface area (Å²) in [5, 5.41) is 10.5. The molecular formula is C20H18N6O. The molecule has 0 aliphatic carbocycles. The van der Waals surface area contributed by atoms with Crippen molar-refractivity contribution in [3.63, 3.8) is 0 Å². The summed E-state index contributed by atoms with van der Waals surface area (Å²) >= 11 is 0. The number of rotatable bonds is 4. The molecule has 0 saturated carbocycles. The van der Waals surface area contributed by atoms with Crippen molar-refractivity contribution in [2.24, 2.45) is 0 Å². The molecule has 4 aromatic rings. The van der Waals surface area contributed by atoms with Crippen molar-refractivity contribution >= 4 is 34.6 Å². The minimum Gasteiger partial charge on any atom is -0.397 e. The van der Waals surface area contributed by atoms with Crippen molar-refractivity contribution in [2.45, 2.75) is 6.92 Å². The van der Waals surface area contributed by atoms with E-state index in [9.17, 15) is 4.79 Å². The lowest BCUT2D eigenvalue weighted by Crippen LogP contribution is -2.06. The summed E-state index contributed by atoms with van der Waals surface area (Å²) in [6.07, 6.45) is 1.88. The normalized spacial score (nSPS) is 10.7. The van der Waals surface area contributed by atoms with Gasteiger partial charge in [0.2, 0.25) is 11.9 Å². The number of fused-ring (bicyclic) bond motifs is 1. The predicted octanol–water partition coefficient (Wildman–Crippen LogP) is 3.68. The molecule has 2 aromatic heterocycles. The highest BCUT2D eigenvalue weighted by molar-refractivity contribution is 5.94. The number of amides is 1. The van der Waals surface area contributed by atoms with Gasteiger partial charge in [-0.05, 0) is 30.3 Å². The van der Waals surface area contributed by atoms with Gasteiger partial charge < -0.3 is 16.4 Å². The maximum absolute atomic E-state index is 11.5. The van der Waals surface area contributed by atoms with Gasteiger partial charge in [0.05, 0.1) is 11.4 Å². The van der Waals surface area contributed by atoms with Gasteiger partial charge in [-0.25, -0.2) is 4.52 Å². The van der Waals surface area contributed by atoms with Crippen LogP contribution in [0.1, 0.15) is 6.92 Å². The van der Waals surface area contributed by atoms with E-state index < -0.39 is 0 Å². The fourth-order valence-electron chi connectivity index (χ4n) is 2.86. The van der Waals surface area contributed by atoms with Gasteiger partial charge in [0.15, 0.2) is 5.65 Å². The van der Waals surface area contributed by atoms with Crippen LogP contribution in [0.2, 0.25) is 0 Å². The molecule has 0 aliphatic heterocycles. The fraction of sp³-hybridized carbons (Fsp3) is 0.0500. The average molecular weight is 358 g/mol. The molecular weight excluding hydrogens is 340 g/mol. The first-order valence-electron chi connectivity index (χ1n) is 8.45. The van der Waals surface area contributed by atoms with Gasteiger partial charge in [-0.15, -0.1) is 5.10 Å². The highest BCUT2D eigenvalue weighted by Gasteiger charge is 2.10. The number of nitrogen functional groups attached to an aromatic ring is 1. The summed E-state index contributed by atoms with van der Waals surface area (Å²) in [5.41, 5.74) is 10.6. The molecule has 7 nitrogen and oxygen atoms in total. The van der Waals surface area contributed by atoms with E-state index in [1.54, 1.807) is 4.52 Å². The molecule has 0 saturated heterocycles. The molecule has 4 rings (SSSR count). The number of hydrogen-bond acceptors (Lipinski definition) is 5. The topological polar surface area (TPSA) is 97.3 Å². The highest BCUT2D eigenvalue weighted by atomic mass is 16.1. The molecule has 0 atom stereocenters. The standard InChI is InChI=1S/C20H18N6O/c1-13(27)22-17-8-4-2-6-15(17)14-10-11-19-24-20(25-26(19)12-14)23-18-9-5-3-7-16(18)21/h2-12H,21H2,1H3,(H,22,27)(H,23,25). The van der Waals surface area contributed by atoms with Crippen LogP contribution in [0.15, 0.2) is 66.9 Å². The van der Waals surface area contributed by atoms with Crippen molar-refractivity contribution in [1.82, 2.24) is 14.6 Å². The minimum absolute atomic E-state index is 0.115. The number of benzene rings is 2. The number of para-hydroxylation sites is 3. The Morgan fingerprint density at radius 3 is 2.52 bits per heavy atom. The van der Waals surface area contributed by atoms with Gasteiger partial charge >= 0.3 is 0 Å². The molecule has 7 heteroatoms. The van der Waals surface area contributed by atoms with Crippen LogP contribution in [0.4, 0.5) is 23.0 Å². The average Bonchev–Trinajstić information content (AvgIpc) is 3.05. The Morgan fingerprint density at radius 2 is 1.74 bits per heavy atom. The lowest BCUT2D eigenvalue weighted by Gasteiger charge is -2.09. The van der Waals surface area contributed by atoms with E-state index in [4.69, 9.17) is 5.73 Å². The van der Waals surface area contributed by atoms with Crippen LogP contribution in [0, 0.1) is 0 Å².